The molecule has 0 aliphatic heterocycles. The number of nitrogens with zero attached hydrogens (tertiary/aromatic N) is 2. The lowest BCUT2D eigenvalue weighted by atomic mass is 9.96. The summed E-state index contributed by atoms with van der Waals surface area (Å²) in [5.74, 6) is -0.352. The van der Waals surface area contributed by atoms with Crippen LogP contribution >= 0.6 is 0 Å². The molecular weight excluding hydrogens is 394 g/mol. The van der Waals surface area contributed by atoms with E-state index in [9.17, 15) is 23.3 Å². The number of nitrogens with one attached hydrogen (secondary N) is 1. The summed E-state index contributed by atoms with van der Waals surface area (Å²) < 4.78 is 26.3. The van der Waals surface area contributed by atoms with Crippen molar-refractivity contribution in [3.63, 3.8) is 0 Å². The fourth-order valence-electron chi connectivity index (χ4n) is 3.88. The van der Waals surface area contributed by atoms with Crippen LogP contribution in [0.5, 0.6) is 0 Å². The number of nitro benzene ring substituents is 1. The highest BCUT2D eigenvalue weighted by atomic mass is 32.2. The zero-order chi connectivity index (χ0) is 21.6. The maximum atomic E-state index is 13.1. The number of hydrogen-bond acceptors (Lipinski definition) is 5. The van der Waals surface area contributed by atoms with E-state index in [1.54, 1.807) is 13.8 Å². The minimum absolute atomic E-state index is 0.0319. The average molecular weight is 426 g/mol. The van der Waals surface area contributed by atoms with Crippen molar-refractivity contribution < 1.29 is 18.1 Å². The van der Waals surface area contributed by atoms with Crippen molar-refractivity contribution in [3.05, 3.63) is 33.9 Å². The number of hydrogen-bond donors (Lipinski definition) is 1. The van der Waals surface area contributed by atoms with E-state index in [0.29, 0.717) is 5.56 Å². The van der Waals surface area contributed by atoms with E-state index < -0.39 is 21.0 Å². The Bertz CT molecular complexity index is 833. The van der Waals surface area contributed by atoms with Gasteiger partial charge in [0.1, 0.15) is 6.04 Å². The number of aryl methyl sites for hydroxylation is 1. The van der Waals surface area contributed by atoms with E-state index in [1.165, 1.54) is 24.6 Å². The molecule has 1 saturated carbocycles. The fraction of sp³-hybridized carbons (Fsp3) is 0.650. The molecule has 0 spiro atoms. The molecule has 0 aromatic heterocycles. The Hall–Kier alpha value is -2.16. The normalized spacial score (nSPS) is 17.1. The molecule has 162 valence electrons. The van der Waals surface area contributed by atoms with Gasteiger partial charge in [0.15, 0.2) is 0 Å². The van der Waals surface area contributed by atoms with Gasteiger partial charge in [-0.05, 0) is 31.7 Å². The van der Waals surface area contributed by atoms with Gasteiger partial charge in [-0.3, -0.25) is 19.2 Å². The molecule has 0 heterocycles. The average Bonchev–Trinajstić information content (AvgIpc) is 2.61. The third kappa shape index (κ3) is 6.16. The van der Waals surface area contributed by atoms with Crippen molar-refractivity contribution in [2.75, 3.05) is 10.6 Å². The van der Waals surface area contributed by atoms with Gasteiger partial charge < -0.3 is 5.32 Å². The fourth-order valence-corrected chi connectivity index (χ4v) is 5.14. The first-order valence-corrected chi connectivity index (χ1v) is 12.0. The molecular formula is C20H31N3O5S. The van der Waals surface area contributed by atoms with Crippen LogP contribution in [-0.4, -0.2) is 37.6 Å². The van der Waals surface area contributed by atoms with E-state index in [1.807, 2.05) is 0 Å². The van der Waals surface area contributed by atoms with Crippen molar-refractivity contribution in [1.82, 2.24) is 5.32 Å². The van der Waals surface area contributed by atoms with Crippen LogP contribution in [0.25, 0.3) is 0 Å². The summed E-state index contributed by atoms with van der Waals surface area (Å²) in [5.41, 5.74) is 0.508. The van der Waals surface area contributed by atoms with Crippen LogP contribution in [0, 0.1) is 17.0 Å². The summed E-state index contributed by atoms with van der Waals surface area (Å²) in [6.45, 7) is 3.42. The Balaban J connectivity index is 2.35. The van der Waals surface area contributed by atoms with Crippen molar-refractivity contribution >= 4 is 27.3 Å². The maximum absolute atomic E-state index is 13.1. The van der Waals surface area contributed by atoms with Crippen LogP contribution in [0.15, 0.2) is 18.2 Å². The molecule has 1 atom stereocenters. The van der Waals surface area contributed by atoms with E-state index in [0.717, 1.165) is 49.1 Å². The molecule has 29 heavy (non-hydrogen) atoms. The first-order valence-electron chi connectivity index (χ1n) is 10.2. The van der Waals surface area contributed by atoms with Crippen LogP contribution in [0.2, 0.25) is 0 Å². The number of sulfonamides is 1. The zero-order valence-corrected chi connectivity index (χ0v) is 18.2. The Morgan fingerprint density at radius 1 is 1.24 bits per heavy atom. The van der Waals surface area contributed by atoms with Gasteiger partial charge in [0.05, 0.1) is 16.9 Å². The SMILES string of the molecule is CCC(C(=O)NC1CCCCCCC1)N(c1cc([N+](=O)[O-])ccc1C)S(C)(=O)=O. The summed E-state index contributed by atoms with van der Waals surface area (Å²) in [5, 5.41) is 14.2. The predicted octanol–water partition coefficient (Wildman–Crippen LogP) is 3.68. The molecule has 1 N–H and O–H groups in total. The Kier molecular flexibility index (Phi) is 8.01. The van der Waals surface area contributed by atoms with Crippen molar-refractivity contribution in [2.45, 2.75) is 77.3 Å². The van der Waals surface area contributed by atoms with Crippen LogP contribution in [0.3, 0.4) is 0 Å². The van der Waals surface area contributed by atoms with Crippen molar-refractivity contribution in [1.29, 1.82) is 0 Å². The van der Waals surface area contributed by atoms with Crippen LogP contribution in [0.1, 0.15) is 63.9 Å². The number of nitro groups is 1. The molecule has 1 fully saturated rings. The predicted molar refractivity (Wildman–Crippen MR) is 113 cm³/mol. The molecule has 0 saturated heterocycles. The number of carbonyl (C=O) groups is 1. The summed E-state index contributed by atoms with van der Waals surface area (Å²) in [7, 11) is -3.84. The highest BCUT2D eigenvalue weighted by molar-refractivity contribution is 7.92. The maximum Gasteiger partial charge on any atom is 0.271 e. The molecule has 9 heteroatoms. The standard InChI is InChI=1S/C20H31N3O5S/c1-4-18(20(24)21-16-10-8-6-5-7-9-11-16)22(29(3,27)28)19-14-17(23(25)26)13-12-15(19)2/h12-14,16,18H,4-11H2,1-3H3,(H,21,24). The lowest BCUT2D eigenvalue weighted by Crippen LogP contribution is -2.51. The lowest BCUT2D eigenvalue weighted by molar-refractivity contribution is -0.384. The molecule has 1 aliphatic rings. The number of carbonyl (C=O) groups excluding carboxylic acids is 1. The van der Waals surface area contributed by atoms with Gasteiger partial charge >= 0.3 is 0 Å². The van der Waals surface area contributed by atoms with Crippen LogP contribution < -0.4 is 9.62 Å². The summed E-state index contributed by atoms with van der Waals surface area (Å²) in [6, 6.07) is 3.13. The molecule has 2 rings (SSSR count). The smallest absolute Gasteiger partial charge is 0.271 e. The van der Waals surface area contributed by atoms with Gasteiger partial charge in [0, 0.05) is 18.2 Å². The van der Waals surface area contributed by atoms with E-state index in [4.69, 9.17) is 0 Å². The Labute approximate surface area is 172 Å². The molecule has 0 bridgehead atoms. The summed E-state index contributed by atoms with van der Waals surface area (Å²) >= 11 is 0. The van der Waals surface area contributed by atoms with Gasteiger partial charge in [-0.25, -0.2) is 8.42 Å². The van der Waals surface area contributed by atoms with Gasteiger partial charge in [-0.2, -0.15) is 0 Å². The van der Waals surface area contributed by atoms with Gasteiger partial charge in [-0.1, -0.05) is 45.1 Å². The third-order valence-electron chi connectivity index (χ3n) is 5.42. The first-order chi connectivity index (χ1) is 13.6. The van der Waals surface area contributed by atoms with Gasteiger partial charge in [-0.15, -0.1) is 0 Å². The molecule has 8 nitrogen and oxygen atoms in total. The molecule has 0 radical (unpaired) electrons. The van der Waals surface area contributed by atoms with Gasteiger partial charge in [0.2, 0.25) is 15.9 Å². The monoisotopic (exact) mass is 425 g/mol. The van der Waals surface area contributed by atoms with Crippen LogP contribution in [0.4, 0.5) is 11.4 Å². The number of rotatable bonds is 7. The highest BCUT2D eigenvalue weighted by Gasteiger charge is 2.34. The Morgan fingerprint density at radius 3 is 2.34 bits per heavy atom. The number of amides is 1. The Morgan fingerprint density at radius 2 is 1.83 bits per heavy atom. The van der Waals surface area contributed by atoms with Gasteiger partial charge in [0.25, 0.3) is 5.69 Å². The second-order valence-corrected chi connectivity index (χ2v) is 9.62. The molecule has 1 aromatic carbocycles. The minimum Gasteiger partial charge on any atom is -0.352 e. The highest BCUT2D eigenvalue weighted by Crippen LogP contribution is 2.30. The summed E-state index contributed by atoms with van der Waals surface area (Å²) in [6.07, 6.45) is 8.64. The molecule has 1 unspecified atom stereocenters. The van der Waals surface area contributed by atoms with Crippen LogP contribution in [-0.2, 0) is 14.8 Å². The van der Waals surface area contributed by atoms with E-state index >= 15 is 0 Å². The molecule has 1 aromatic rings. The van der Waals surface area contributed by atoms with E-state index in [2.05, 4.69) is 5.32 Å². The zero-order valence-electron chi connectivity index (χ0n) is 17.4. The number of non-ortho nitro benzene ring substituents is 1. The summed E-state index contributed by atoms with van der Waals surface area (Å²) in [4.78, 5) is 23.7. The number of benzene rings is 1. The molecule has 1 amide bonds. The minimum atomic E-state index is -3.84. The lowest BCUT2D eigenvalue weighted by Gasteiger charge is -2.32. The topological polar surface area (TPSA) is 110 Å². The second kappa shape index (κ2) is 10.0. The molecule has 1 aliphatic carbocycles. The largest absolute Gasteiger partial charge is 0.352 e. The quantitative estimate of drug-likeness (QED) is 0.529. The van der Waals surface area contributed by atoms with Crippen molar-refractivity contribution in [2.24, 2.45) is 0 Å². The first kappa shape index (κ1) is 23.1. The number of anilines is 1. The van der Waals surface area contributed by atoms with E-state index in [-0.39, 0.29) is 29.7 Å². The van der Waals surface area contributed by atoms with Crippen molar-refractivity contribution in [3.8, 4) is 0 Å². The second-order valence-electron chi connectivity index (χ2n) is 7.76. The third-order valence-corrected chi connectivity index (χ3v) is 6.59.